The van der Waals surface area contributed by atoms with Crippen LogP contribution in [0.5, 0.6) is 0 Å². The number of thiophene rings is 3. The summed E-state index contributed by atoms with van der Waals surface area (Å²) in [6.07, 6.45) is 11.4. The average molecular weight is 1050 g/mol. The van der Waals surface area contributed by atoms with Gasteiger partial charge in [-0.05, 0) is 75.8 Å². The van der Waals surface area contributed by atoms with Crippen LogP contribution in [0.4, 0.5) is 0 Å². The Kier molecular flexibility index (Phi) is 17.8. The zero-order valence-electron chi connectivity index (χ0n) is 39.6. The monoisotopic (exact) mass is 1050 g/mol. The Balaban J connectivity index is 2.04. The Bertz CT molecular complexity index is 2610. The molecule has 3 aromatic carbocycles. The van der Waals surface area contributed by atoms with Gasteiger partial charge in [-0.25, -0.2) is 14.4 Å². The van der Waals surface area contributed by atoms with Crippen LogP contribution < -0.4 is 13.9 Å². The fourth-order valence-corrected chi connectivity index (χ4v) is 18.8. The number of carbonyl (C=O) groups excluding carboxylic acids is 3. The molecule has 9 nitrogen and oxygen atoms in total. The number of rotatable bonds is 18. The Labute approximate surface area is 427 Å². The van der Waals surface area contributed by atoms with E-state index in [-0.39, 0.29) is 19.8 Å². The molecule has 0 unspecified atom stereocenters. The number of esters is 3. The van der Waals surface area contributed by atoms with E-state index in [1.54, 1.807) is 39.0 Å². The van der Waals surface area contributed by atoms with Gasteiger partial charge in [0.05, 0.1) is 59.9 Å². The van der Waals surface area contributed by atoms with Gasteiger partial charge in [-0.2, -0.15) is 0 Å². The molecule has 68 heavy (non-hydrogen) atoms. The van der Waals surface area contributed by atoms with Crippen molar-refractivity contribution in [2.75, 3.05) is 68.8 Å². The number of halogens is 3. The van der Waals surface area contributed by atoms with Crippen LogP contribution in [0, 0.1) is 0 Å². The molecule has 6 aromatic rings. The van der Waals surface area contributed by atoms with Crippen molar-refractivity contribution in [3.63, 3.8) is 0 Å². The van der Waals surface area contributed by atoms with E-state index < -0.39 is 25.2 Å². The van der Waals surface area contributed by atoms with Gasteiger partial charge < -0.3 is 28.9 Å². The van der Waals surface area contributed by atoms with Crippen molar-refractivity contribution in [2.24, 2.45) is 0 Å². The van der Waals surface area contributed by atoms with Crippen molar-refractivity contribution in [2.45, 2.75) is 20.8 Å². The van der Waals surface area contributed by atoms with Gasteiger partial charge in [0.2, 0.25) is 0 Å². The largest absolute Gasteiger partial charge is 0.462 e. The summed E-state index contributed by atoms with van der Waals surface area (Å²) in [6.45, 7) is 7.85. The second-order valence-corrected chi connectivity index (χ2v) is 24.6. The van der Waals surface area contributed by atoms with Gasteiger partial charge in [0.25, 0.3) is 0 Å². The Hall–Kier alpha value is -4.91. The Morgan fingerprint density at radius 2 is 0.735 bits per heavy atom. The molecule has 3 aromatic heterocycles. The Morgan fingerprint density at radius 3 is 0.956 bits per heavy atom. The smallest absolute Gasteiger partial charge is 0.340 e. The van der Waals surface area contributed by atoms with Crippen molar-refractivity contribution in [3.05, 3.63) is 138 Å². The van der Waals surface area contributed by atoms with E-state index in [9.17, 15) is 14.4 Å². The van der Waals surface area contributed by atoms with Crippen LogP contribution in [-0.4, -0.2) is 101 Å². The summed E-state index contributed by atoms with van der Waals surface area (Å²) in [5.41, 5.74) is 4.48. The lowest BCUT2D eigenvalue weighted by molar-refractivity contribution is 0.0518. The predicted octanol–water partition coefficient (Wildman–Crippen LogP) is 12.9. The van der Waals surface area contributed by atoms with Crippen molar-refractivity contribution in [3.8, 4) is 33.4 Å². The SMILES string of the molecule is CCOC(=O)c1c(C=CN(C)C)sc([P+](C)(c2sc(C=CN(C)C)c(C(=O)OCC)c2-c2ccccc2Cl)c2sc(C=CN(C)C)c(C(=O)OCC)c2-c2ccccc2Cl)c1-c1ccccc1Cl. The van der Waals surface area contributed by atoms with Gasteiger partial charge >= 0.3 is 17.9 Å². The molecule has 0 atom stereocenters. The topological polar surface area (TPSA) is 88.6 Å². The minimum Gasteiger partial charge on any atom is -0.462 e. The van der Waals surface area contributed by atoms with Crippen molar-refractivity contribution >= 4 is 126 Å². The molecule has 0 aliphatic rings. The third-order valence-corrected chi connectivity index (χ3v) is 21.5. The van der Waals surface area contributed by atoms with Gasteiger partial charge in [-0.3, -0.25) is 0 Å². The van der Waals surface area contributed by atoms with Crippen LogP contribution in [0.1, 0.15) is 66.5 Å². The van der Waals surface area contributed by atoms with E-state index >= 15 is 0 Å². The summed E-state index contributed by atoms with van der Waals surface area (Å²) >= 11 is 26.1. The summed E-state index contributed by atoms with van der Waals surface area (Å²) < 4.78 is 20.1. The lowest BCUT2D eigenvalue weighted by atomic mass is 10.0. The number of hydrogen-bond donors (Lipinski definition) is 0. The number of benzene rings is 3. The quantitative estimate of drug-likeness (QED) is 0.0474. The molecule has 16 heteroatoms. The molecule has 0 N–H and O–H groups in total. The molecule has 3 heterocycles. The van der Waals surface area contributed by atoms with Gasteiger partial charge in [0.1, 0.15) is 7.26 Å². The van der Waals surface area contributed by atoms with E-state index in [0.717, 1.165) is 13.9 Å². The van der Waals surface area contributed by atoms with Gasteiger partial charge in [0, 0.05) is 88.7 Å². The lowest BCUT2D eigenvalue weighted by Gasteiger charge is -2.24. The highest BCUT2D eigenvalue weighted by atomic mass is 35.5. The fourth-order valence-electron chi connectivity index (χ4n) is 7.49. The first-order valence-electron chi connectivity index (χ1n) is 21.7. The molecule has 0 radical (unpaired) electrons. The molecule has 0 aliphatic heterocycles. The van der Waals surface area contributed by atoms with E-state index in [0.29, 0.717) is 79.8 Å². The first-order chi connectivity index (χ1) is 32.5. The summed E-state index contributed by atoms with van der Waals surface area (Å²) in [6, 6.07) is 22.3. The zero-order chi connectivity index (χ0) is 49.4. The average Bonchev–Trinajstić information content (AvgIpc) is 4.00. The highest BCUT2D eigenvalue weighted by Gasteiger charge is 2.55. The summed E-state index contributed by atoms with van der Waals surface area (Å²) in [4.78, 5) is 51.8. The summed E-state index contributed by atoms with van der Waals surface area (Å²) in [5.74, 6) is -1.60. The number of hydrogen-bond acceptors (Lipinski definition) is 12. The van der Waals surface area contributed by atoms with E-state index in [2.05, 4.69) is 6.66 Å². The van der Waals surface area contributed by atoms with E-state index in [4.69, 9.17) is 49.0 Å². The van der Waals surface area contributed by atoms with Crippen molar-refractivity contribution in [1.29, 1.82) is 0 Å². The fraction of sp³-hybridized carbons (Fsp3) is 0.250. The molecule has 6 rings (SSSR count). The Morgan fingerprint density at radius 1 is 0.485 bits per heavy atom. The predicted molar refractivity (Wildman–Crippen MR) is 292 cm³/mol. The van der Waals surface area contributed by atoms with Gasteiger partial charge in [-0.15, -0.1) is 0 Å². The van der Waals surface area contributed by atoms with Crippen LogP contribution in [-0.2, 0) is 14.2 Å². The highest BCUT2D eigenvalue weighted by Crippen LogP contribution is 2.64. The lowest BCUT2D eigenvalue weighted by Crippen LogP contribution is -2.30. The van der Waals surface area contributed by atoms with Crippen LogP contribution in [0.2, 0.25) is 15.1 Å². The third-order valence-electron chi connectivity index (χ3n) is 10.4. The number of carbonyl (C=O) groups is 3. The highest BCUT2D eigenvalue weighted by molar-refractivity contribution is 8.04. The molecule has 0 saturated carbocycles. The minimum absolute atomic E-state index is 0.118. The van der Waals surface area contributed by atoms with Crippen LogP contribution in [0.15, 0.2) is 91.4 Å². The molecular weight excluding hydrogens is 996 g/mol. The molecule has 0 spiro atoms. The first-order valence-corrected chi connectivity index (χ1v) is 27.5. The maximum atomic E-state index is 14.8. The number of ether oxygens (including phenoxy) is 3. The molecule has 0 amide bonds. The second-order valence-electron chi connectivity index (χ2n) is 16.0. The van der Waals surface area contributed by atoms with E-state index in [1.807, 2.05) is 148 Å². The van der Waals surface area contributed by atoms with Gasteiger partial charge in [0.15, 0.2) is 13.9 Å². The molecule has 0 fully saturated rings. The van der Waals surface area contributed by atoms with E-state index in [1.165, 1.54) is 34.0 Å². The normalized spacial score (nSPS) is 12.5. The maximum Gasteiger partial charge on any atom is 0.340 e. The second kappa shape index (κ2) is 23.1. The molecular formula is C52H54Cl3N3O6PS3+. The van der Waals surface area contributed by atoms with Crippen LogP contribution in [0.3, 0.4) is 0 Å². The first kappa shape index (κ1) is 52.5. The third kappa shape index (κ3) is 10.9. The van der Waals surface area contributed by atoms with Crippen LogP contribution >= 0.6 is 76.1 Å². The standard InChI is InChI=1S/C52H54Cl3N3O6PS3/c1-11-62-47(59)44-38(26-29-56(4)5)66-50(41(44)32-20-14-17-23-35(32)53)65(10,51-42(33-21-15-18-24-36(33)54)45(48(60)63-12-2)39(67-51)27-30-57(6)7)52-43(34-22-16-19-25-37(34)55)46(49(61)64-13-3)40(68-52)28-31-58(8)9/h14-31H,11-13H2,1-10H3/q+1. The molecule has 0 aliphatic carbocycles. The summed E-state index contributed by atoms with van der Waals surface area (Å²) in [5, 5.41) is 1.22. The molecule has 0 bridgehead atoms. The zero-order valence-corrected chi connectivity index (χ0v) is 45.2. The van der Waals surface area contributed by atoms with Crippen molar-refractivity contribution in [1.82, 2.24) is 14.7 Å². The molecule has 0 saturated heterocycles. The van der Waals surface area contributed by atoms with Crippen LogP contribution in [0.25, 0.3) is 51.6 Å². The molecule has 356 valence electrons. The maximum absolute atomic E-state index is 14.8. The summed E-state index contributed by atoms with van der Waals surface area (Å²) in [7, 11) is 8.02. The minimum atomic E-state index is -3.42. The number of nitrogens with zero attached hydrogens (tertiary/aromatic N) is 3. The van der Waals surface area contributed by atoms with Crippen molar-refractivity contribution < 1.29 is 28.6 Å². The van der Waals surface area contributed by atoms with Gasteiger partial charge in [-0.1, -0.05) is 123 Å².